The molecule has 4 rings (SSSR count). The van der Waals surface area contributed by atoms with Crippen LogP contribution in [0.3, 0.4) is 0 Å². The maximum absolute atomic E-state index is 11.7. The van der Waals surface area contributed by atoms with Crippen molar-refractivity contribution in [3.8, 4) is 0 Å². The lowest BCUT2D eigenvalue weighted by Gasteiger charge is -2.63. The standard InChI is InChI=1S/C19H32N4O2.HI/c1-2-20-18(21-10-5-12-23-11-3-6-15(23)24)22-16-14-7-13-25-17(14)19(16)8-4-9-19;/h14,16-17H,2-13H2,1H3,(H2,20,21,22);1H. The van der Waals surface area contributed by atoms with Crippen molar-refractivity contribution in [2.45, 2.75) is 64.0 Å². The summed E-state index contributed by atoms with van der Waals surface area (Å²) in [6.07, 6.45) is 8.27. The van der Waals surface area contributed by atoms with E-state index in [-0.39, 0.29) is 24.0 Å². The van der Waals surface area contributed by atoms with E-state index < -0.39 is 0 Å². The maximum Gasteiger partial charge on any atom is 0.222 e. The summed E-state index contributed by atoms with van der Waals surface area (Å²) in [6, 6.07) is 0.520. The van der Waals surface area contributed by atoms with Crippen LogP contribution in [0, 0.1) is 11.3 Å². The second kappa shape index (κ2) is 8.63. The van der Waals surface area contributed by atoms with Crippen molar-refractivity contribution in [1.29, 1.82) is 0 Å². The van der Waals surface area contributed by atoms with Crippen molar-refractivity contribution >= 4 is 35.8 Å². The normalized spacial score (nSPS) is 31.9. The number of hydrogen-bond acceptors (Lipinski definition) is 3. The average Bonchev–Trinajstić information content (AvgIpc) is 3.15. The molecule has 7 heteroatoms. The second-order valence-corrected chi connectivity index (χ2v) is 8.05. The van der Waals surface area contributed by atoms with Gasteiger partial charge in [-0.25, -0.2) is 0 Å². The molecule has 2 saturated carbocycles. The molecule has 2 saturated heterocycles. The van der Waals surface area contributed by atoms with Gasteiger partial charge < -0.3 is 20.3 Å². The van der Waals surface area contributed by atoms with Crippen LogP contribution < -0.4 is 10.6 Å². The van der Waals surface area contributed by atoms with Gasteiger partial charge in [-0.2, -0.15) is 0 Å². The van der Waals surface area contributed by atoms with Crippen LogP contribution in [0.1, 0.15) is 51.9 Å². The van der Waals surface area contributed by atoms with E-state index in [9.17, 15) is 4.79 Å². The minimum absolute atomic E-state index is 0. The molecule has 6 nitrogen and oxygen atoms in total. The highest BCUT2D eigenvalue weighted by Crippen LogP contribution is 2.62. The average molecular weight is 476 g/mol. The van der Waals surface area contributed by atoms with Gasteiger partial charge in [0.1, 0.15) is 0 Å². The van der Waals surface area contributed by atoms with Crippen LogP contribution in [0.5, 0.6) is 0 Å². The van der Waals surface area contributed by atoms with Gasteiger partial charge in [0.2, 0.25) is 5.91 Å². The van der Waals surface area contributed by atoms with Gasteiger partial charge in [-0.15, -0.1) is 24.0 Å². The Labute approximate surface area is 173 Å². The Morgan fingerprint density at radius 2 is 2.23 bits per heavy atom. The van der Waals surface area contributed by atoms with Gasteiger partial charge in [0.15, 0.2) is 5.96 Å². The SMILES string of the molecule is CCNC(=NCCCN1CCCC1=O)NC1C2CCOC2C12CCC2.I. The number of aliphatic imine (C=N–C) groups is 1. The molecule has 1 amide bonds. The van der Waals surface area contributed by atoms with Crippen LogP contribution in [0.25, 0.3) is 0 Å². The van der Waals surface area contributed by atoms with Crippen molar-refractivity contribution in [2.24, 2.45) is 16.3 Å². The lowest BCUT2D eigenvalue weighted by Crippen LogP contribution is -2.72. The molecule has 4 aliphatic rings. The van der Waals surface area contributed by atoms with Crippen molar-refractivity contribution < 1.29 is 9.53 Å². The van der Waals surface area contributed by atoms with Gasteiger partial charge in [0.25, 0.3) is 0 Å². The number of amides is 1. The predicted octanol–water partition coefficient (Wildman–Crippen LogP) is 2.13. The van der Waals surface area contributed by atoms with Crippen LogP contribution in [0.2, 0.25) is 0 Å². The summed E-state index contributed by atoms with van der Waals surface area (Å²) >= 11 is 0. The second-order valence-electron chi connectivity index (χ2n) is 8.05. The van der Waals surface area contributed by atoms with Crippen LogP contribution in [-0.4, -0.2) is 61.7 Å². The summed E-state index contributed by atoms with van der Waals surface area (Å²) in [6.45, 7) is 6.45. The van der Waals surface area contributed by atoms with Crippen LogP contribution >= 0.6 is 24.0 Å². The van der Waals surface area contributed by atoms with Crippen LogP contribution in [0.15, 0.2) is 4.99 Å². The summed E-state index contributed by atoms with van der Waals surface area (Å²) in [5.41, 5.74) is 0.374. The Morgan fingerprint density at radius 3 is 2.88 bits per heavy atom. The molecular formula is C19H33IN4O2. The zero-order valence-electron chi connectivity index (χ0n) is 15.8. The summed E-state index contributed by atoms with van der Waals surface area (Å²) in [5.74, 6) is 1.91. The molecule has 0 aromatic carbocycles. The van der Waals surface area contributed by atoms with E-state index in [1.165, 1.54) is 25.7 Å². The van der Waals surface area contributed by atoms with Crippen LogP contribution in [0.4, 0.5) is 0 Å². The maximum atomic E-state index is 11.7. The molecule has 3 atom stereocenters. The Hall–Kier alpha value is -0.570. The predicted molar refractivity (Wildman–Crippen MR) is 113 cm³/mol. The van der Waals surface area contributed by atoms with Crippen molar-refractivity contribution in [2.75, 3.05) is 32.8 Å². The molecule has 1 spiro atoms. The first-order valence-electron chi connectivity index (χ1n) is 10.2. The van der Waals surface area contributed by atoms with Crippen molar-refractivity contribution in [3.05, 3.63) is 0 Å². The van der Waals surface area contributed by atoms with Gasteiger partial charge in [0, 0.05) is 56.6 Å². The molecule has 0 aromatic rings. The summed E-state index contributed by atoms with van der Waals surface area (Å²) in [4.78, 5) is 18.4. The molecule has 0 aromatic heterocycles. The molecule has 4 fully saturated rings. The number of carbonyl (C=O) groups excluding carboxylic acids is 1. The van der Waals surface area contributed by atoms with Crippen LogP contribution in [-0.2, 0) is 9.53 Å². The Bertz CT molecular complexity index is 538. The van der Waals surface area contributed by atoms with E-state index in [1.54, 1.807) is 0 Å². The Balaban J connectivity index is 0.00000196. The zero-order valence-corrected chi connectivity index (χ0v) is 18.2. The number of nitrogens with one attached hydrogen (secondary N) is 2. The fourth-order valence-electron chi connectivity index (χ4n) is 5.32. The molecule has 2 aliphatic carbocycles. The number of rotatable bonds is 6. The smallest absolute Gasteiger partial charge is 0.222 e. The molecule has 2 aliphatic heterocycles. The minimum Gasteiger partial charge on any atom is -0.377 e. The Kier molecular flexibility index (Phi) is 6.69. The van der Waals surface area contributed by atoms with Gasteiger partial charge in [0.05, 0.1) is 6.10 Å². The number of hydrogen-bond donors (Lipinski definition) is 2. The minimum atomic E-state index is 0. The van der Waals surface area contributed by atoms with E-state index in [1.807, 2.05) is 4.90 Å². The molecule has 0 bridgehead atoms. The lowest BCUT2D eigenvalue weighted by molar-refractivity contribution is -0.171. The number of ether oxygens (including phenoxy) is 1. The number of nitrogens with zero attached hydrogens (tertiary/aromatic N) is 2. The molecule has 2 N–H and O–H groups in total. The summed E-state index contributed by atoms with van der Waals surface area (Å²) in [5, 5.41) is 7.14. The number of guanidine groups is 1. The fraction of sp³-hybridized carbons (Fsp3) is 0.895. The van der Waals surface area contributed by atoms with E-state index in [4.69, 9.17) is 9.73 Å². The lowest BCUT2D eigenvalue weighted by atomic mass is 9.46. The van der Waals surface area contributed by atoms with Gasteiger partial charge in [-0.1, -0.05) is 6.42 Å². The monoisotopic (exact) mass is 476 g/mol. The number of fused-ring (bicyclic) bond motifs is 2. The third-order valence-electron chi connectivity index (χ3n) is 6.70. The first-order valence-corrected chi connectivity index (χ1v) is 10.2. The molecule has 0 radical (unpaired) electrons. The van der Waals surface area contributed by atoms with Gasteiger partial charge in [-0.05, 0) is 39.0 Å². The summed E-state index contributed by atoms with van der Waals surface area (Å²) in [7, 11) is 0. The van der Waals surface area contributed by atoms with E-state index >= 15 is 0 Å². The highest BCUT2D eigenvalue weighted by atomic mass is 127. The molecule has 148 valence electrons. The zero-order chi connectivity index (χ0) is 17.3. The topological polar surface area (TPSA) is 66.0 Å². The van der Waals surface area contributed by atoms with Gasteiger partial charge in [-0.3, -0.25) is 9.79 Å². The fourth-order valence-corrected chi connectivity index (χ4v) is 5.32. The first kappa shape index (κ1) is 20.2. The number of halogens is 1. The highest BCUT2D eigenvalue weighted by Gasteiger charge is 2.66. The third-order valence-corrected chi connectivity index (χ3v) is 6.70. The van der Waals surface area contributed by atoms with Crippen molar-refractivity contribution in [1.82, 2.24) is 15.5 Å². The summed E-state index contributed by atoms with van der Waals surface area (Å²) < 4.78 is 6.01. The molecular weight excluding hydrogens is 443 g/mol. The third kappa shape index (κ3) is 3.57. The highest BCUT2D eigenvalue weighted by molar-refractivity contribution is 14.0. The van der Waals surface area contributed by atoms with Crippen molar-refractivity contribution in [3.63, 3.8) is 0 Å². The molecule has 3 unspecified atom stereocenters. The number of likely N-dealkylation sites (tertiary alicyclic amines) is 1. The quantitative estimate of drug-likeness (QED) is 0.267. The van der Waals surface area contributed by atoms with E-state index in [0.717, 1.165) is 58.0 Å². The Morgan fingerprint density at radius 1 is 1.38 bits per heavy atom. The largest absolute Gasteiger partial charge is 0.377 e. The van der Waals surface area contributed by atoms with Gasteiger partial charge >= 0.3 is 0 Å². The van der Waals surface area contributed by atoms with E-state index in [0.29, 0.717) is 29.4 Å². The first-order chi connectivity index (χ1) is 12.2. The van der Waals surface area contributed by atoms with E-state index in [2.05, 4.69) is 17.6 Å². The molecule has 26 heavy (non-hydrogen) atoms. The molecule has 2 heterocycles. The number of carbonyl (C=O) groups is 1.